The molecule has 0 saturated carbocycles. The summed E-state index contributed by atoms with van der Waals surface area (Å²) in [7, 11) is 0. The fourth-order valence-corrected chi connectivity index (χ4v) is 1.49. The molecule has 0 rings (SSSR count). The molecule has 74 valence electrons. The molecule has 0 aliphatic carbocycles. The van der Waals surface area contributed by atoms with Gasteiger partial charge in [-0.1, -0.05) is 33.1 Å². The Bertz CT molecular complexity index is 104. The first-order valence-electron chi connectivity index (χ1n) is 5.17. The quantitative estimate of drug-likeness (QED) is 0.577. The smallest absolute Gasteiger partial charge is 0.0163 e. The van der Waals surface area contributed by atoms with Crippen molar-refractivity contribution in [3.8, 4) is 0 Å². The van der Waals surface area contributed by atoms with E-state index in [1.54, 1.807) is 0 Å². The van der Waals surface area contributed by atoms with Crippen LogP contribution in [0, 0.1) is 0 Å². The molecule has 0 aromatic heterocycles. The Kier molecular flexibility index (Phi) is 6.39. The Labute approximate surface area is 76.7 Å². The Balaban J connectivity index is 3.63. The Morgan fingerprint density at radius 1 is 1.08 bits per heavy atom. The summed E-state index contributed by atoms with van der Waals surface area (Å²) < 4.78 is 0. The second-order valence-electron chi connectivity index (χ2n) is 3.71. The monoisotopic (exact) mass is 172 g/mol. The molecule has 0 heterocycles. The second-order valence-corrected chi connectivity index (χ2v) is 3.71. The number of hydrogen-bond donors (Lipinski definition) is 2. The van der Waals surface area contributed by atoms with Crippen molar-refractivity contribution >= 4 is 0 Å². The summed E-state index contributed by atoms with van der Waals surface area (Å²) in [5, 5.41) is 0. The predicted molar refractivity (Wildman–Crippen MR) is 55.0 cm³/mol. The number of hydrogen-bond acceptors (Lipinski definition) is 2. The molecule has 0 aromatic rings. The number of rotatable bonds is 7. The largest absolute Gasteiger partial charge is 0.330 e. The lowest BCUT2D eigenvalue weighted by Crippen LogP contribution is -2.40. The average Bonchev–Trinajstić information content (AvgIpc) is 2.06. The van der Waals surface area contributed by atoms with E-state index < -0.39 is 0 Å². The molecule has 1 unspecified atom stereocenters. The zero-order chi connectivity index (χ0) is 9.45. The van der Waals surface area contributed by atoms with Crippen LogP contribution in [-0.4, -0.2) is 12.1 Å². The first kappa shape index (κ1) is 11.9. The molecule has 0 aromatic carbocycles. The molecule has 1 atom stereocenters. The highest BCUT2D eigenvalue weighted by atomic mass is 14.7. The van der Waals surface area contributed by atoms with Gasteiger partial charge in [0.05, 0.1) is 0 Å². The van der Waals surface area contributed by atoms with Gasteiger partial charge in [0.15, 0.2) is 0 Å². The summed E-state index contributed by atoms with van der Waals surface area (Å²) in [6.07, 6.45) is 6.96. The van der Waals surface area contributed by atoms with E-state index >= 15 is 0 Å². The van der Waals surface area contributed by atoms with Gasteiger partial charge in [0, 0.05) is 5.54 Å². The van der Waals surface area contributed by atoms with Crippen LogP contribution in [0.3, 0.4) is 0 Å². The van der Waals surface area contributed by atoms with Crippen LogP contribution in [0.15, 0.2) is 0 Å². The van der Waals surface area contributed by atoms with Gasteiger partial charge in [0.2, 0.25) is 0 Å². The molecule has 0 radical (unpaired) electrons. The number of unbranched alkanes of at least 4 members (excludes halogenated alkanes) is 2. The highest BCUT2D eigenvalue weighted by Crippen LogP contribution is 2.19. The summed E-state index contributed by atoms with van der Waals surface area (Å²) in [5.74, 6) is 0. The third-order valence-electron chi connectivity index (χ3n) is 2.62. The van der Waals surface area contributed by atoms with E-state index in [0.717, 1.165) is 25.8 Å². The van der Waals surface area contributed by atoms with Gasteiger partial charge in [-0.15, -0.1) is 0 Å². The van der Waals surface area contributed by atoms with E-state index in [2.05, 4.69) is 13.8 Å². The maximum atomic E-state index is 6.17. The fraction of sp³-hybridized carbons (Fsp3) is 1.00. The third kappa shape index (κ3) is 4.73. The van der Waals surface area contributed by atoms with E-state index in [1.807, 2.05) is 0 Å². The Morgan fingerprint density at radius 2 is 1.75 bits per heavy atom. The van der Waals surface area contributed by atoms with Crippen molar-refractivity contribution in [2.24, 2.45) is 11.5 Å². The molecule has 0 saturated heterocycles. The molecule has 0 bridgehead atoms. The lowest BCUT2D eigenvalue weighted by Gasteiger charge is -2.27. The maximum Gasteiger partial charge on any atom is 0.0163 e. The normalized spacial score (nSPS) is 16.0. The van der Waals surface area contributed by atoms with Crippen molar-refractivity contribution < 1.29 is 0 Å². The summed E-state index contributed by atoms with van der Waals surface area (Å²) >= 11 is 0. The minimum Gasteiger partial charge on any atom is -0.330 e. The van der Waals surface area contributed by atoms with E-state index in [-0.39, 0.29) is 5.54 Å². The van der Waals surface area contributed by atoms with Crippen LogP contribution in [-0.2, 0) is 0 Å². The first-order chi connectivity index (χ1) is 5.68. The van der Waals surface area contributed by atoms with Crippen LogP contribution < -0.4 is 11.5 Å². The zero-order valence-corrected chi connectivity index (χ0v) is 8.60. The average molecular weight is 172 g/mol. The second kappa shape index (κ2) is 6.44. The van der Waals surface area contributed by atoms with Crippen molar-refractivity contribution in [2.45, 2.75) is 57.9 Å². The van der Waals surface area contributed by atoms with Crippen molar-refractivity contribution in [3.63, 3.8) is 0 Å². The molecule has 0 amide bonds. The minimum atomic E-state index is 0.0178. The van der Waals surface area contributed by atoms with Crippen molar-refractivity contribution in [1.29, 1.82) is 0 Å². The van der Waals surface area contributed by atoms with Crippen LogP contribution in [0.1, 0.15) is 52.4 Å². The molecule has 0 spiro atoms. The standard InChI is InChI=1S/C10H24N2/c1-3-5-6-7-10(12,4-2)8-9-11/h3-9,11-12H2,1-2H3. The molecule has 0 aliphatic heterocycles. The first-order valence-corrected chi connectivity index (χ1v) is 5.17. The van der Waals surface area contributed by atoms with Crippen molar-refractivity contribution in [3.05, 3.63) is 0 Å². The molecule has 2 heteroatoms. The molecular formula is C10H24N2. The fourth-order valence-electron chi connectivity index (χ4n) is 1.49. The highest BCUT2D eigenvalue weighted by Gasteiger charge is 2.20. The lowest BCUT2D eigenvalue weighted by molar-refractivity contribution is 0.344. The van der Waals surface area contributed by atoms with E-state index in [4.69, 9.17) is 11.5 Å². The van der Waals surface area contributed by atoms with Crippen LogP contribution in [0.5, 0.6) is 0 Å². The van der Waals surface area contributed by atoms with Gasteiger partial charge < -0.3 is 11.5 Å². The van der Waals surface area contributed by atoms with Gasteiger partial charge in [-0.2, -0.15) is 0 Å². The van der Waals surface area contributed by atoms with E-state index in [0.29, 0.717) is 0 Å². The molecule has 12 heavy (non-hydrogen) atoms. The highest BCUT2D eigenvalue weighted by molar-refractivity contribution is 4.82. The maximum absolute atomic E-state index is 6.17. The van der Waals surface area contributed by atoms with Gasteiger partial charge in [-0.05, 0) is 25.8 Å². The lowest BCUT2D eigenvalue weighted by atomic mass is 9.87. The van der Waals surface area contributed by atoms with Gasteiger partial charge in [0.25, 0.3) is 0 Å². The molecular weight excluding hydrogens is 148 g/mol. The van der Waals surface area contributed by atoms with Gasteiger partial charge >= 0.3 is 0 Å². The van der Waals surface area contributed by atoms with Crippen LogP contribution in [0.4, 0.5) is 0 Å². The van der Waals surface area contributed by atoms with E-state index in [1.165, 1.54) is 19.3 Å². The summed E-state index contributed by atoms with van der Waals surface area (Å²) in [6.45, 7) is 5.09. The Hall–Kier alpha value is -0.0800. The molecule has 0 fully saturated rings. The van der Waals surface area contributed by atoms with Gasteiger partial charge in [-0.25, -0.2) is 0 Å². The molecule has 0 aliphatic rings. The molecule has 2 nitrogen and oxygen atoms in total. The van der Waals surface area contributed by atoms with Crippen molar-refractivity contribution in [2.75, 3.05) is 6.54 Å². The third-order valence-corrected chi connectivity index (χ3v) is 2.62. The van der Waals surface area contributed by atoms with E-state index in [9.17, 15) is 0 Å². The van der Waals surface area contributed by atoms with Crippen LogP contribution in [0.2, 0.25) is 0 Å². The predicted octanol–water partition coefficient (Wildman–Crippen LogP) is 2.02. The topological polar surface area (TPSA) is 52.0 Å². The minimum absolute atomic E-state index is 0.0178. The van der Waals surface area contributed by atoms with Crippen LogP contribution >= 0.6 is 0 Å². The van der Waals surface area contributed by atoms with Gasteiger partial charge in [0.1, 0.15) is 0 Å². The van der Waals surface area contributed by atoms with Crippen molar-refractivity contribution in [1.82, 2.24) is 0 Å². The summed E-state index contributed by atoms with van der Waals surface area (Å²) in [4.78, 5) is 0. The van der Waals surface area contributed by atoms with Gasteiger partial charge in [-0.3, -0.25) is 0 Å². The summed E-state index contributed by atoms with van der Waals surface area (Å²) in [5.41, 5.74) is 11.7. The SMILES string of the molecule is CCCCCC(N)(CC)CCN. The molecule has 4 N–H and O–H groups in total. The zero-order valence-electron chi connectivity index (χ0n) is 8.60. The summed E-state index contributed by atoms with van der Waals surface area (Å²) in [6, 6.07) is 0. The van der Waals surface area contributed by atoms with Crippen LogP contribution in [0.25, 0.3) is 0 Å². The number of nitrogens with two attached hydrogens (primary N) is 2. The Morgan fingerprint density at radius 3 is 2.17 bits per heavy atom.